The normalized spacial score (nSPS) is 12.3. The van der Waals surface area contributed by atoms with Crippen molar-refractivity contribution in [3.8, 4) is 0 Å². The van der Waals surface area contributed by atoms with E-state index in [1.54, 1.807) is 11.0 Å². The largest absolute Gasteiger partial charge is 0.250 e. The summed E-state index contributed by atoms with van der Waals surface area (Å²) in [5.74, 6) is 0. The highest BCUT2D eigenvalue weighted by molar-refractivity contribution is 5.28. The zero-order chi connectivity index (χ0) is 11.4. The SMILES string of the molecule is Cc1ccccc1C(Cn1cncn1)N=O. The molecule has 1 atom stereocenters. The molecular weight excluding hydrogens is 204 g/mol. The van der Waals surface area contributed by atoms with E-state index in [9.17, 15) is 4.91 Å². The van der Waals surface area contributed by atoms with Crippen LogP contribution in [0.2, 0.25) is 0 Å². The zero-order valence-electron chi connectivity index (χ0n) is 8.95. The fourth-order valence-corrected chi connectivity index (χ4v) is 1.65. The van der Waals surface area contributed by atoms with Gasteiger partial charge in [-0.05, 0) is 18.1 Å². The maximum Gasteiger partial charge on any atom is 0.137 e. The fraction of sp³-hybridized carbons (Fsp3) is 0.273. The Morgan fingerprint density at radius 1 is 1.44 bits per heavy atom. The van der Waals surface area contributed by atoms with Crippen LogP contribution in [0, 0.1) is 11.8 Å². The molecule has 0 amide bonds. The Kier molecular flexibility index (Phi) is 3.05. The van der Waals surface area contributed by atoms with Crippen molar-refractivity contribution < 1.29 is 0 Å². The Morgan fingerprint density at radius 2 is 2.25 bits per heavy atom. The van der Waals surface area contributed by atoms with Gasteiger partial charge >= 0.3 is 0 Å². The number of rotatable bonds is 4. The predicted octanol–water partition coefficient (Wildman–Crippen LogP) is 2.09. The van der Waals surface area contributed by atoms with Gasteiger partial charge in [-0.1, -0.05) is 29.4 Å². The Balaban J connectivity index is 2.23. The van der Waals surface area contributed by atoms with E-state index in [1.807, 2.05) is 31.2 Å². The highest BCUT2D eigenvalue weighted by atomic mass is 16.3. The molecule has 0 spiro atoms. The van der Waals surface area contributed by atoms with Crippen LogP contribution in [0.15, 0.2) is 42.1 Å². The molecule has 0 bridgehead atoms. The lowest BCUT2D eigenvalue weighted by molar-refractivity contribution is 0.524. The average molecular weight is 216 g/mol. The molecule has 2 rings (SSSR count). The maximum absolute atomic E-state index is 10.9. The first kappa shape index (κ1) is 10.5. The summed E-state index contributed by atoms with van der Waals surface area (Å²) >= 11 is 0. The Morgan fingerprint density at radius 3 is 2.88 bits per heavy atom. The molecule has 5 nitrogen and oxygen atoms in total. The van der Waals surface area contributed by atoms with Crippen molar-refractivity contribution >= 4 is 0 Å². The number of hydrogen-bond acceptors (Lipinski definition) is 4. The summed E-state index contributed by atoms with van der Waals surface area (Å²) in [7, 11) is 0. The third kappa shape index (κ3) is 2.13. The van der Waals surface area contributed by atoms with Crippen LogP contribution in [0.3, 0.4) is 0 Å². The zero-order valence-corrected chi connectivity index (χ0v) is 8.95. The van der Waals surface area contributed by atoms with Crippen molar-refractivity contribution in [2.75, 3.05) is 0 Å². The molecule has 0 aliphatic heterocycles. The van der Waals surface area contributed by atoms with E-state index in [2.05, 4.69) is 15.3 Å². The molecule has 0 aliphatic carbocycles. The van der Waals surface area contributed by atoms with E-state index < -0.39 is 6.04 Å². The third-order valence-electron chi connectivity index (χ3n) is 2.50. The molecule has 0 saturated heterocycles. The second-order valence-corrected chi connectivity index (χ2v) is 3.60. The van der Waals surface area contributed by atoms with Gasteiger partial charge in [0, 0.05) is 0 Å². The number of benzene rings is 1. The summed E-state index contributed by atoms with van der Waals surface area (Å²) in [5, 5.41) is 7.12. The summed E-state index contributed by atoms with van der Waals surface area (Å²) in [5.41, 5.74) is 2.00. The number of nitroso groups, excluding NO2 is 1. The van der Waals surface area contributed by atoms with Gasteiger partial charge in [-0.25, -0.2) is 4.98 Å². The minimum Gasteiger partial charge on any atom is -0.250 e. The topological polar surface area (TPSA) is 60.1 Å². The summed E-state index contributed by atoms with van der Waals surface area (Å²) in [4.78, 5) is 14.7. The molecule has 5 heteroatoms. The van der Waals surface area contributed by atoms with Crippen LogP contribution in [-0.4, -0.2) is 14.8 Å². The van der Waals surface area contributed by atoms with Gasteiger partial charge in [-0.2, -0.15) is 10.0 Å². The van der Waals surface area contributed by atoms with E-state index in [-0.39, 0.29) is 0 Å². The monoisotopic (exact) mass is 216 g/mol. The van der Waals surface area contributed by atoms with Gasteiger partial charge in [-0.15, -0.1) is 0 Å². The van der Waals surface area contributed by atoms with Crippen molar-refractivity contribution in [3.63, 3.8) is 0 Å². The Bertz CT molecular complexity index is 467. The van der Waals surface area contributed by atoms with Crippen LogP contribution in [0.25, 0.3) is 0 Å². The number of nitrogens with zero attached hydrogens (tertiary/aromatic N) is 4. The lowest BCUT2D eigenvalue weighted by Gasteiger charge is -2.11. The third-order valence-corrected chi connectivity index (χ3v) is 2.50. The molecule has 0 radical (unpaired) electrons. The summed E-state index contributed by atoms with van der Waals surface area (Å²) in [6, 6.07) is 7.31. The van der Waals surface area contributed by atoms with Gasteiger partial charge in [0.25, 0.3) is 0 Å². The Hall–Kier alpha value is -2.04. The fourth-order valence-electron chi connectivity index (χ4n) is 1.65. The predicted molar refractivity (Wildman–Crippen MR) is 59.7 cm³/mol. The van der Waals surface area contributed by atoms with Gasteiger partial charge in [0.15, 0.2) is 0 Å². The number of hydrogen-bond donors (Lipinski definition) is 0. The van der Waals surface area contributed by atoms with Crippen LogP contribution in [-0.2, 0) is 6.54 Å². The summed E-state index contributed by atoms with van der Waals surface area (Å²) < 4.78 is 1.61. The van der Waals surface area contributed by atoms with Crippen molar-refractivity contribution in [3.05, 3.63) is 53.0 Å². The van der Waals surface area contributed by atoms with Crippen molar-refractivity contribution in [1.29, 1.82) is 0 Å². The van der Waals surface area contributed by atoms with Crippen LogP contribution >= 0.6 is 0 Å². The first-order valence-corrected chi connectivity index (χ1v) is 5.01. The van der Waals surface area contributed by atoms with Crippen molar-refractivity contribution in [1.82, 2.24) is 14.8 Å². The first-order chi connectivity index (χ1) is 7.81. The van der Waals surface area contributed by atoms with Crippen LogP contribution < -0.4 is 0 Å². The lowest BCUT2D eigenvalue weighted by atomic mass is 10.0. The first-order valence-electron chi connectivity index (χ1n) is 5.01. The quantitative estimate of drug-likeness (QED) is 0.735. The van der Waals surface area contributed by atoms with E-state index in [0.717, 1.165) is 11.1 Å². The standard InChI is InChI=1S/C11H12N4O/c1-9-4-2-3-5-10(9)11(14-16)6-15-8-12-7-13-15/h2-5,7-8,11H,6H2,1H3. The van der Waals surface area contributed by atoms with Crippen molar-refractivity contribution in [2.24, 2.45) is 5.18 Å². The van der Waals surface area contributed by atoms with Crippen molar-refractivity contribution in [2.45, 2.75) is 19.5 Å². The second-order valence-electron chi connectivity index (χ2n) is 3.60. The highest BCUT2D eigenvalue weighted by Gasteiger charge is 2.14. The second kappa shape index (κ2) is 4.65. The van der Waals surface area contributed by atoms with Crippen LogP contribution in [0.5, 0.6) is 0 Å². The molecule has 2 aromatic rings. The molecular formula is C11H12N4O. The lowest BCUT2D eigenvalue weighted by Crippen LogP contribution is -2.08. The van der Waals surface area contributed by atoms with Gasteiger partial charge < -0.3 is 0 Å². The Labute approximate surface area is 93.1 Å². The van der Waals surface area contributed by atoms with Crippen LogP contribution in [0.4, 0.5) is 0 Å². The van der Waals surface area contributed by atoms with Gasteiger partial charge in [-0.3, -0.25) is 4.68 Å². The highest BCUT2D eigenvalue weighted by Crippen LogP contribution is 2.22. The molecule has 16 heavy (non-hydrogen) atoms. The van der Waals surface area contributed by atoms with E-state index >= 15 is 0 Å². The van der Waals surface area contributed by atoms with Crippen LogP contribution in [0.1, 0.15) is 17.2 Å². The van der Waals surface area contributed by atoms with E-state index in [4.69, 9.17) is 0 Å². The molecule has 1 aromatic carbocycles. The molecule has 1 unspecified atom stereocenters. The van der Waals surface area contributed by atoms with E-state index in [1.165, 1.54) is 6.33 Å². The molecule has 1 aromatic heterocycles. The van der Waals surface area contributed by atoms with Gasteiger partial charge in [0.05, 0.1) is 6.54 Å². The molecule has 1 heterocycles. The molecule has 0 saturated carbocycles. The summed E-state index contributed by atoms with van der Waals surface area (Å²) in [6.07, 6.45) is 3.02. The number of aryl methyl sites for hydroxylation is 1. The van der Waals surface area contributed by atoms with Gasteiger partial charge in [0.2, 0.25) is 0 Å². The molecule has 0 aliphatic rings. The molecule has 82 valence electrons. The summed E-state index contributed by atoms with van der Waals surface area (Å²) in [6.45, 7) is 2.39. The minimum atomic E-state index is -0.414. The van der Waals surface area contributed by atoms with E-state index in [0.29, 0.717) is 6.54 Å². The average Bonchev–Trinajstić information content (AvgIpc) is 2.80. The molecule has 0 N–H and O–H groups in total. The number of aromatic nitrogens is 3. The smallest absolute Gasteiger partial charge is 0.137 e. The molecule has 0 fully saturated rings. The van der Waals surface area contributed by atoms with Gasteiger partial charge in [0.1, 0.15) is 18.7 Å². The minimum absolute atomic E-state index is 0.414. The maximum atomic E-state index is 10.9.